The van der Waals surface area contributed by atoms with Gasteiger partial charge in [-0.2, -0.15) is 13.5 Å². The van der Waals surface area contributed by atoms with Gasteiger partial charge in [-0.05, 0) is 36.5 Å². The Hall–Kier alpha value is 0.0900. The summed E-state index contributed by atoms with van der Waals surface area (Å²) in [7, 11) is 0. The summed E-state index contributed by atoms with van der Waals surface area (Å²) in [6.45, 7) is 8.93. The molecule has 0 amide bonds. The molecule has 2 bridgehead atoms. The SMILES string of the molecule is C=C1CCC2CC1C2(C)C.S. The van der Waals surface area contributed by atoms with Crippen molar-refractivity contribution in [2.45, 2.75) is 33.1 Å². The zero-order chi connectivity index (χ0) is 7.35. The molecule has 64 valence electrons. The van der Waals surface area contributed by atoms with Crippen LogP contribution in [0.25, 0.3) is 0 Å². The van der Waals surface area contributed by atoms with E-state index in [9.17, 15) is 0 Å². The minimum atomic E-state index is 0. The van der Waals surface area contributed by atoms with Gasteiger partial charge in [0.25, 0.3) is 0 Å². The number of fused-ring (bicyclic) bond motifs is 2. The first-order valence-electron chi connectivity index (χ1n) is 4.30. The standard InChI is InChI=1S/C10H16.H2S/c1-7-4-5-8-6-9(7)10(8,2)3;/h8-9H,1,4-6H2,2-3H3;1H2. The number of hydrogen-bond acceptors (Lipinski definition) is 0. The van der Waals surface area contributed by atoms with Crippen LogP contribution >= 0.6 is 13.5 Å². The van der Waals surface area contributed by atoms with Crippen LogP contribution in [-0.4, -0.2) is 0 Å². The van der Waals surface area contributed by atoms with Crippen LogP contribution in [0.1, 0.15) is 33.1 Å². The summed E-state index contributed by atoms with van der Waals surface area (Å²) in [6.07, 6.45) is 4.15. The lowest BCUT2D eigenvalue weighted by Gasteiger charge is -2.57. The van der Waals surface area contributed by atoms with Gasteiger partial charge in [0.1, 0.15) is 0 Å². The van der Waals surface area contributed by atoms with Crippen molar-refractivity contribution in [2.75, 3.05) is 0 Å². The molecule has 3 rings (SSSR count). The van der Waals surface area contributed by atoms with Gasteiger partial charge < -0.3 is 0 Å². The highest BCUT2D eigenvalue weighted by Gasteiger charge is 2.51. The largest absolute Gasteiger partial charge is 0.197 e. The van der Waals surface area contributed by atoms with E-state index in [1.54, 1.807) is 0 Å². The Kier molecular flexibility index (Phi) is 2.13. The zero-order valence-electron chi connectivity index (χ0n) is 7.48. The van der Waals surface area contributed by atoms with Crippen LogP contribution in [-0.2, 0) is 0 Å². The van der Waals surface area contributed by atoms with Crippen molar-refractivity contribution in [1.82, 2.24) is 0 Å². The van der Waals surface area contributed by atoms with Gasteiger partial charge in [0, 0.05) is 0 Å². The van der Waals surface area contributed by atoms with E-state index in [2.05, 4.69) is 20.4 Å². The average Bonchev–Trinajstić information content (AvgIpc) is 1.87. The Morgan fingerprint density at radius 3 is 2.36 bits per heavy atom. The maximum absolute atomic E-state index is 4.13. The molecule has 0 aromatic rings. The van der Waals surface area contributed by atoms with Gasteiger partial charge in [0.2, 0.25) is 0 Å². The third kappa shape index (κ3) is 1.05. The Morgan fingerprint density at radius 2 is 2.09 bits per heavy atom. The van der Waals surface area contributed by atoms with Gasteiger partial charge in [-0.1, -0.05) is 26.0 Å². The van der Waals surface area contributed by atoms with Gasteiger partial charge in [-0.3, -0.25) is 0 Å². The van der Waals surface area contributed by atoms with Crippen LogP contribution in [0.15, 0.2) is 12.2 Å². The number of allylic oxidation sites excluding steroid dienone is 1. The first-order valence-corrected chi connectivity index (χ1v) is 4.30. The average molecular weight is 170 g/mol. The van der Waals surface area contributed by atoms with Crippen molar-refractivity contribution >= 4 is 13.5 Å². The summed E-state index contributed by atoms with van der Waals surface area (Å²) in [4.78, 5) is 0. The molecule has 3 fully saturated rings. The summed E-state index contributed by atoms with van der Waals surface area (Å²) < 4.78 is 0. The Balaban J connectivity index is 0.000000605. The molecule has 0 nitrogen and oxygen atoms in total. The normalized spacial score (nSPS) is 38.9. The monoisotopic (exact) mass is 170 g/mol. The fourth-order valence-electron chi connectivity index (χ4n) is 2.73. The number of hydrogen-bond donors (Lipinski definition) is 0. The van der Waals surface area contributed by atoms with E-state index < -0.39 is 0 Å². The number of rotatable bonds is 0. The highest BCUT2D eigenvalue weighted by atomic mass is 32.1. The molecule has 3 aliphatic carbocycles. The first kappa shape index (κ1) is 9.18. The molecule has 0 aromatic heterocycles. The van der Waals surface area contributed by atoms with Gasteiger partial charge in [-0.15, -0.1) is 0 Å². The first-order chi connectivity index (χ1) is 4.62. The summed E-state index contributed by atoms with van der Waals surface area (Å²) >= 11 is 0. The van der Waals surface area contributed by atoms with Crippen molar-refractivity contribution in [2.24, 2.45) is 17.3 Å². The molecule has 0 N–H and O–H groups in total. The molecule has 2 atom stereocenters. The Morgan fingerprint density at radius 1 is 1.45 bits per heavy atom. The van der Waals surface area contributed by atoms with Crippen molar-refractivity contribution in [3.8, 4) is 0 Å². The molecule has 0 aliphatic heterocycles. The molecule has 0 radical (unpaired) electrons. The topological polar surface area (TPSA) is 0 Å². The van der Waals surface area contributed by atoms with Crippen LogP contribution < -0.4 is 0 Å². The van der Waals surface area contributed by atoms with Crippen molar-refractivity contribution in [3.63, 3.8) is 0 Å². The molecule has 2 unspecified atom stereocenters. The lowest BCUT2D eigenvalue weighted by atomic mass is 9.47. The lowest BCUT2D eigenvalue weighted by Crippen LogP contribution is -2.48. The van der Waals surface area contributed by atoms with E-state index >= 15 is 0 Å². The molecule has 3 aliphatic rings. The Labute approximate surface area is 76.5 Å². The van der Waals surface area contributed by atoms with Crippen LogP contribution in [0.2, 0.25) is 0 Å². The van der Waals surface area contributed by atoms with Crippen LogP contribution in [0.3, 0.4) is 0 Å². The van der Waals surface area contributed by atoms with Gasteiger partial charge >= 0.3 is 0 Å². The molecule has 3 saturated carbocycles. The minimum Gasteiger partial charge on any atom is -0.197 e. The third-order valence-electron chi connectivity index (χ3n) is 3.78. The van der Waals surface area contributed by atoms with Crippen LogP contribution in [0.5, 0.6) is 0 Å². The predicted octanol–water partition coefficient (Wildman–Crippen LogP) is 3.11. The molecule has 0 saturated heterocycles. The Bertz CT molecular complexity index is 179. The molecular weight excluding hydrogens is 152 g/mol. The van der Waals surface area contributed by atoms with Crippen LogP contribution in [0, 0.1) is 17.3 Å². The van der Waals surface area contributed by atoms with E-state index in [0.717, 1.165) is 11.8 Å². The molecular formula is C10H18S. The summed E-state index contributed by atoms with van der Waals surface area (Å²) in [6, 6.07) is 0. The van der Waals surface area contributed by atoms with E-state index in [1.807, 2.05) is 0 Å². The summed E-state index contributed by atoms with van der Waals surface area (Å²) in [5.74, 6) is 1.88. The van der Waals surface area contributed by atoms with Crippen molar-refractivity contribution in [1.29, 1.82) is 0 Å². The highest BCUT2D eigenvalue weighted by Crippen LogP contribution is 2.60. The zero-order valence-corrected chi connectivity index (χ0v) is 8.48. The fourth-order valence-corrected chi connectivity index (χ4v) is 2.73. The molecule has 0 spiro atoms. The van der Waals surface area contributed by atoms with E-state index in [0.29, 0.717) is 5.41 Å². The van der Waals surface area contributed by atoms with Crippen LogP contribution in [0.4, 0.5) is 0 Å². The van der Waals surface area contributed by atoms with Gasteiger partial charge in [0.15, 0.2) is 0 Å². The molecule has 1 heteroatoms. The quantitative estimate of drug-likeness (QED) is 0.490. The smallest absolute Gasteiger partial charge is 0.0149 e. The minimum absolute atomic E-state index is 0. The predicted molar refractivity (Wildman–Crippen MR) is 54.1 cm³/mol. The third-order valence-corrected chi connectivity index (χ3v) is 3.78. The molecule has 0 heterocycles. The second-order valence-corrected chi connectivity index (χ2v) is 4.50. The molecule has 0 aromatic carbocycles. The summed E-state index contributed by atoms with van der Waals surface area (Å²) in [5.41, 5.74) is 2.13. The molecule has 11 heavy (non-hydrogen) atoms. The van der Waals surface area contributed by atoms with Gasteiger partial charge in [-0.25, -0.2) is 0 Å². The second-order valence-electron chi connectivity index (χ2n) is 4.50. The highest BCUT2D eigenvalue weighted by molar-refractivity contribution is 7.59. The fraction of sp³-hybridized carbons (Fsp3) is 0.800. The van der Waals surface area contributed by atoms with Crippen molar-refractivity contribution < 1.29 is 0 Å². The summed E-state index contributed by atoms with van der Waals surface area (Å²) in [5, 5.41) is 0. The maximum Gasteiger partial charge on any atom is -0.0149 e. The van der Waals surface area contributed by atoms with E-state index in [-0.39, 0.29) is 13.5 Å². The maximum atomic E-state index is 4.13. The second kappa shape index (κ2) is 2.55. The van der Waals surface area contributed by atoms with Crippen molar-refractivity contribution in [3.05, 3.63) is 12.2 Å². The van der Waals surface area contributed by atoms with E-state index in [4.69, 9.17) is 0 Å². The van der Waals surface area contributed by atoms with Gasteiger partial charge in [0.05, 0.1) is 0 Å². The lowest BCUT2D eigenvalue weighted by molar-refractivity contribution is -0.0273. The van der Waals surface area contributed by atoms with E-state index in [1.165, 1.54) is 24.8 Å².